The van der Waals surface area contributed by atoms with Gasteiger partial charge in [-0.05, 0) is 70.4 Å². The van der Waals surface area contributed by atoms with Crippen molar-refractivity contribution in [2.24, 2.45) is 0 Å². The molecule has 1 amide bonds. The molecular weight excluding hydrogens is 586 g/mol. The Balaban J connectivity index is 1.71. The number of ether oxygens (including phenoxy) is 2. The van der Waals surface area contributed by atoms with E-state index in [1.807, 2.05) is 0 Å². The maximum absolute atomic E-state index is 15.5. The van der Waals surface area contributed by atoms with Crippen LogP contribution in [0, 0.1) is 18.6 Å². The molecule has 0 N–H and O–H groups in total. The van der Waals surface area contributed by atoms with Gasteiger partial charge in [-0.2, -0.15) is 8.42 Å². The third-order valence-electron chi connectivity index (χ3n) is 7.02. The molecule has 234 valence electrons. The van der Waals surface area contributed by atoms with E-state index in [-0.39, 0.29) is 40.5 Å². The molecule has 0 saturated carbocycles. The summed E-state index contributed by atoms with van der Waals surface area (Å²) in [4.78, 5) is 33.4. The molecule has 1 aromatic heterocycles. The molecule has 11 nitrogen and oxygen atoms in total. The lowest BCUT2D eigenvalue weighted by molar-refractivity contribution is 0.0187. The first-order valence-corrected chi connectivity index (χ1v) is 15.5. The fraction of sp³-hybridized carbons (Fsp3) is 0.483. The van der Waals surface area contributed by atoms with Gasteiger partial charge in [-0.1, -0.05) is 0 Å². The Morgan fingerprint density at radius 1 is 1.14 bits per heavy atom. The van der Waals surface area contributed by atoms with E-state index in [2.05, 4.69) is 4.98 Å². The van der Waals surface area contributed by atoms with Crippen molar-refractivity contribution >= 4 is 38.5 Å². The highest BCUT2D eigenvalue weighted by atomic mass is 32.2. The molecule has 1 saturated heterocycles. The van der Waals surface area contributed by atoms with Gasteiger partial charge in [-0.25, -0.2) is 18.6 Å². The number of hydrogen-bond acceptors (Lipinski definition) is 9. The third-order valence-corrected chi connectivity index (χ3v) is 7.61. The number of aromatic nitrogens is 2. The maximum Gasteiger partial charge on any atom is 0.410 e. The fourth-order valence-electron chi connectivity index (χ4n) is 4.96. The van der Waals surface area contributed by atoms with Gasteiger partial charge in [0.05, 0.1) is 37.2 Å². The quantitative estimate of drug-likeness (QED) is 0.330. The van der Waals surface area contributed by atoms with Crippen molar-refractivity contribution in [2.45, 2.75) is 52.2 Å². The van der Waals surface area contributed by atoms with Crippen LogP contribution in [-0.2, 0) is 19.0 Å². The lowest BCUT2D eigenvalue weighted by atomic mass is 10.0. The normalized spacial score (nSPS) is 14.7. The summed E-state index contributed by atoms with van der Waals surface area (Å²) >= 11 is 0. The molecular formula is C29H36F2N4O7S. The van der Waals surface area contributed by atoms with E-state index in [0.717, 1.165) is 6.26 Å². The topological polar surface area (TPSA) is 120 Å². The summed E-state index contributed by atoms with van der Waals surface area (Å²) in [6, 6.07) is 5.53. The lowest BCUT2D eigenvalue weighted by Crippen LogP contribution is -2.43. The number of carbonyl (C=O) groups excluding carboxylic acids is 1. The monoisotopic (exact) mass is 622 g/mol. The highest BCUT2D eigenvalue weighted by Gasteiger charge is 2.29. The summed E-state index contributed by atoms with van der Waals surface area (Å²) in [5, 5.41) is 0.198. The van der Waals surface area contributed by atoms with E-state index in [4.69, 9.17) is 13.7 Å². The molecule has 43 heavy (non-hydrogen) atoms. The van der Waals surface area contributed by atoms with Gasteiger partial charge in [-0.3, -0.25) is 13.5 Å². The summed E-state index contributed by atoms with van der Waals surface area (Å²) in [5.41, 5.74) is -0.780. The van der Waals surface area contributed by atoms with Gasteiger partial charge in [-0.15, -0.1) is 0 Å². The SMILES string of the molecule is COc1cc(C)c(F)c(N(CCOS(C)(=O)=O)c2ccc3ncn(C4CCN(C(=O)OC(C)(C)C)CC4)c(=O)c3c2)c1F. The number of likely N-dealkylation sites (tertiary alicyclic amines) is 1. The van der Waals surface area contributed by atoms with Crippen molar-refractivity contribution in [3.05, 3.63) is 58.1 Å². The minimum atomic E-state index is -3.84. The first-order valence-electron chi connectivity index (χ1n) is 13.7. The molecule has 1 aliphatic heterocycles. The average Bonchev–Trinajstić information content (AvgIpc) is 2.93. The second kappa shape index (κ2) is 12.4. The third kappa shape index (κ3) is 7.42. The molecule has 0 spiro atoms. The molecule has 0 aliphatic carbocycles. The molecule has 2 aromatic carbocycles. The Bertz CT molecular complexity index is 1680. The molecule has 4 rings (SSSR count). The lowest BCUT2D eigenvalue weighted by Gasteiger charge is -2.34. The zero-order valence-corrected chi connectivity index (χ0v) is 25.8. The molecule has 0 radical (unpaired) electrons. The smallest absolute Gasteiger partial charge is 0.410 e. The van der Waals surface area contributed by atoms with Crippen LogP contribution in [0.5, 0.6) is 5.75 Å². The fourth-order valence-corrected chi connectivity index (χ4v) is 5.34. The van der Waals surface area contributed by atoms with Gasteiger partial charge in [0.2, 0.25) is 0 Å². The number of anilines is 2. The van der Waals surface area contributed by atoms with Gasteiger partial charge in [0, 0.05) is 31.4 Å². The van der Waals surface area contributed by atoms with Crippen LogP contribution in [0.25, 0.3) is 10.9 Å². The number of benzene rings is 2. The Hall–Kier alpha value is -3.78. The van der Waals surface area contributed by atoms with Crippen LogP contribution in [-0.4, -0.2) is 74.2 Å². The molecule has 0 unspecified atom stereocenters. The van der Waals surface area contributed by atoms with Crippen LogP contribution in [0.1, 0.15) is 45.2 Å². The molecule has 2 heterocycles. The van der Waals surface area contributed by atoms with Crippen molar-refractivity contribution in [3.63, 3.8) is 0 Å². The van der Waals surface area contributed by atoms with Crippen LogP contribution in [0.15, 0.2) is 35.4 Å². The van der Waals surface area contributed by atoms with Crippen LogP contribution in [0.3, 0.4) is 0 Å². The standard InChI is InChI=1S/C29H36F2N4O7S/c1-18-15-23(40-5)25(31)26(24(18)30)34(13-14-41-43(6,38)39)20-7-8-22-21(16-20)27(36)35(17-32-22)19-9-11-33(12-10-19)28(37)42-29(2,3)4/h7-8,15-17,19H,9-14H2,1-6H3. The number of methoxy groups -OCH3 is 1. The first kappa shape index (κ1) is 32.1. The maximum atomic E-state index is 15.5. The number of aryl methyl sites for hydroxylation is 1. The second-order valence-corrected chi connectivity index (χ2v) is 13.1. The predicted octanol–water partition coefficient (Wildman–Crippen LogP) is 4.68. The van der Waals surface area contributed by atoms with E-state index in [1.165, 1.54) is 48.0 Å². The average molecular weight is 623 g/mol. The van der Waals surface area contributed by atoms with Crippen LogP contribution in [0.4, 0.5) is 25.0 Å². The van der Waals surface area contributed by atoms with E-state index in [0.29, 0.717) is 31.4 Å². The van der Waals surface area contributed by atoms with E-state index < -0.39 is 45.7 Å². The number of hydrogen-bond donors (Lipinski definition) is 0. The summed E-state index contributed by atoms with van der Waals surface area (Å²) in [5.74, 6) is -2.08. The highest BCUT2D eigenvalue weighted by molar-refractivity contribution is 7.85. The molecule has 1 aliphatic rings. The molecule has 0 bridgehead atoms. The minimum Gasteiger partial charge on any atom is -0.494 e. The summed E-state index contributed by atoms with van der Waals surface area (Å²) < 4.78 is 71.1. The zero-order valence-electron chi connectivity index (χ0n) is 25.0. The Kier molecular flexibility index (Phi) is 9.30. The number of amides is 1. The Labute approximate surface area is 249 Å². The van der Waals surface area contributed by atoms with Gasteiger partial charge in [0.1, 0.15) is 11.3 Å². The molecule has 0 atom stereocenters. The Morgan fingerprint density at radius 2 is 1.81 bits per heavy atom. The number of nitrogens with zero attached hydrogens (tertiary/aromatic N) is 4. The number of fused-ring (bicyclic) bond motifs is 1. The minimum absolute atomic E-state index is 0.102. The summed E-state index contributed by atoms with van der Waals surface area (Å²) in [6.07, 6.45) is 2.92. The number of piperidine rings is 1. The summed E-state index contributed by atoms with van der Waals surface area (Å²) in [6.45, 7) is 6.94. The van der Waals surface area contributed by atoms with E-state index in [9.17, 15) is 18.0 Å². The zero-order chi connectivity index (χ0) is 31.7. The molecule has 1 fully saturated rings. The van der Waals surface area contributed by atoms with Gasteiger partial charge < -0.3 is 19.3 Å². The van der Waals surface area contributed by atoms with Crippen molar-refractivity contribution in [2.75, 3.05) is 44.5 Å². The second-order valence-electron chi connectivity index (χ2n) is 11.4. The number of halogens is 2. The van der Waals surface area contributed by atoms with Crippen LogP contribution < -0.4 is 15.2 Å². The predicted molar refractivity (Wildman–Crippen MR) is 158 cm³/mol. The van der Waals surface area contributed by atoms with Gasteiger partial charge in [0.25, 0.3) is 15.7 Å². The van der Waals surface area contributed by atoms with Crippen LogP contribution in [0.2, 0.25) is 0 Å². The van der Waals surface area contributed by atoms with Gasteiger partial charge in [0.15, 0.2) is 17.4 Å². The molecule has 14 heteroatoms. The highest BCUT2D eigenvalue weighted by Crippen LogP contribution is 2.37. The van der Waals surface area contributed by atoms with E-state index >= 15 is 8.78 Å². The first-order chi connectivity index (χ1) is 20.1. The van der Waals surface area contributed by atoms with Crippen molar-refractivity contribution in [1.82, 2.24) is 14.5 Å². The molecule has 3 aromatic rings. The van der Waals surface area contributed by atoms with Crippen LogP contribution >= 0.6 is 0 Å². The van der Waals surface area contributed by atoms with Gasteiger partial charge >= 0.3 is 6.09 Å². The van der Waals surface area contributed by atoms with E-state index in [1.54, 1.807) is 31.7 Å². The largest absolute Gasteiger partial charge is 0.494 e. The van der Waals surface area contributed by atoms with Crippen molar-refractivity contribution < 1.29 is 35.6 Å². The number of carbonyl (C=O) groups is 1. The summed E-state index contributed by atoms with van der Waals surface area (Å²) in [7, 11) is -2.59. The van der Waals surface area contributed by atoms with Crippen molar-refractivity contribution in [1.29, 1.82) is 0 Å². The Morgan fingerprint density at radius 3 is 2.42 bits per heavy atom. The number of rotatable bonds is 8. The van der Waals surface area contributed by atoms with Crippen molar-refractivity contribution in [3.8, 4) is 5.75 Å².